The average molecular weight is 2090 g/mol. The highest BCUT2D eigenvalue weighted by atomic mass is 16.8. The minimum absolute atomic E-state index is 0.199. The lowest BCUT2D eigenvalue weighted by Crippen LogP contribution is -2.63. The molecule has 0 aromatic heterocycles. The number of hydrogen-bond acceptors (Lipinski definition) is 48. The Morgan fingerprint density at radius 3 is 1.09 bits per heavy atom. The van der Waals surface area contributed by atoms with Crippen molar-refractivity contribution >= 4 is 65.1 Å². The first kappa shape index (κ1) is 124. The van der Waals surface area contributed by atoms with Crippen LogP contribution in [0.1, 0.15) is 117 Å². The van der Waals surface area contributed by atoms with Crippen LogP contribution in [0.5, 0.6) is 0 Å². The fraction of sp³-hybridized carbons (Fsp3) is 0.863. The van der Waals surface area contributed by atoms with Crippen LogP contribution in [-0.4, -0.2) is 461 Å². The maximum Gasteiger partial charge on any atom is 0.305 e. The van der Waals surface area contributed by atoms with Gasteiger partial charge < -0.3 is 210 Å². The fourth-order valence-electron chi connectivity index (χ4n) is 17.2. The van der Waals surface area contributed by atoms with Crippen molar-refractivity contribution in [1.82, 2.24) is 47.9 Å². The summed E-state index contributed by atoms with van der Waals surface area (Å²) in [5.41, 5.74) is 34.0. The van der Waals surface area contributed by atoms with Crippen LogP contribution in [0.15, 0.2) is 20.5 Å². The molecule has 0 saturated carbocycles. The van der Waals surface area contributed by atoms with E-state index in [4.69, 9.17) is 113 Å². The van der Waals surface area contributed by atoms with Crippen molar-refractivity contribution in [3.63, 3.8) is 0 Å². The maximum atomic E-state index is 11.3. The van der Waals surface area contributed by atoms with Crippen LogP contribution >= 0.6 is 0 Å². The molecule has 0 aromatic rings. The molecule has 0 aromatic carbocycles. The topological polar surface area (TPSA) is 986 Å². The van der Waals surface area contributed by atoms with E-state index in [1.54, 1.807) is 13.8 Å². The number of azide groups is 4. The number of nitrogens with zero attached hydrogens (tertiary/aromatic N) is 12. The molecule has 0 spiro atoms. The maximum absolute atomic E-state index is 11.3. The second-order valence-corrected chi connectivity index (χ2v) is 35.1. The van der Waals surface area contributed by atoms with Crippen LogP contribution in [0, 0.1) is 11.8 Å². The summed E-state index contributed by atoms with van der Waals surface area (Å²) in [4.78, 5) is 132. The first-order valence-electron chi connectivity index (χ1n) is 45.6. The summed E-state index contributed by atoms with van der Waals surface area (Å²) in [6, 6.07) is -10.3. The number of fused-ring (bicyclic) bond motifs is 10. The van der Waals surface area contributed by atoms with Gasteiger partial charge in [0.05, 0.1) is 125 Å². The predicted molar refractivity (Wildman–Crippen MR) is 472 cm³/mol. The number of epoxide rings is 1. The molecule has 822 valence electrons. The van der Waals surface area contributed by atoms with Gasteiger partial charge in [0.1, 0.15) is 122 Å². The van der Waals surface area contributed by atoms with Crippen LogP contribution in [0.25, 0.3) is 41.8 Å². The van der Waals surface area contributed by atoms with Gasteiger partial charge >= 0.3 is 11.9 Å². The predicted octanol–water partition coefficient (Wildman–Crippen LogP) is -11.4. The van der Waals surface area contributed by atoms with Crippen molar-refractivity contribution in [2.45, 2.75) is 380 Å². The van der Waals surface area contributed by atoms with Crippen LogP contribution in [0.4, 0.5) is 0 Å². The van der Waals surface area contributed by atoms with E-state index in [9.17, 15) is 124 Å². The van der Waals surface area contributed by atoms with E-state index in [1.807, 2.05) is 13.8 Å². The number of ether oxygens (including phenoxy) is 16. The highest BCUT2D eigenvalue weighted by Gasteiger charge is 2.73. The Balaban J connectivity index is 0.000000250. The standard InChI is InChI=1S/C12H20N4O4.C10H14N4O5.2C9H17NO5.C8H14N4O5.C8H12N4O4.C8H15NO6.C8H11NO5.C8H13NO5/c1-5-9-10(15-16-13)6(2)11(14-7(3)17)12(20-9)19-8(4)18;1-4(15)12-8-9(18-5(2)16)7(13-14-11)6-3-17-10(8)19-6;1-4-6(3-11)15-9(14)7(8(4)13)10-5(2)12;1-3-5-7(12)8(13)6(9(14)15-5)10-4(2)11;1-3(14)10-6-7(15)5(11-12-9)4(2-13)17-8(6)16;1-3(13)10-6-7(14)5(11-12-9)4-2-15-8(6)16-4;1-3(11)9-5-7(13)6(12)4(2-10)15-8(5)14;1-3(10)9-5-7-12-2-4(13-7)6-8(5,11)14-6;1-3(10)9-5-7(12)6(11)4-2-13-8(5)14-4/h6,9-12H,5H2,1-4H3,(H,14,17);6-10H,3H2,1-2H3,(H,12,15);4,6-9,11,13-14H,3H2,1-2H3,(H,10,12);5-9,12-14H,3H2,1-2H3,(H,10,11);4-8,13,15-16H,2H2,1H3,(H,10,14);4-8,14H,2H2,1H3,(H,10,13);4-8,10,12-14H,2H2,1H3,(H,9,11);4-7,11H,2H2,1H3,(H,9,10);4-8,11-12H,2H2,1H3,(H,9,10)/t6-,9?,10-,11?,12?;6?,7-,8+,9?,10-;4-,6?,7?,8+,9?;5?,6?,7-,8-,9?;4?,5-,6?,7+,8?;4?,5-,6+,7?,8-;4?,5?,6-,7-,8?;4?,5?,6-,7?,8-;4?,5-,6+,7?,8+/m011111100/s1. The van der Waals surface area contributed by atoms with Gasteiger partial charge in [0.2, 0.25) is 65.2 Å². The third-order valence-electron chi connectivity index (χ3n) is 24.2. The van der Waals surface area contributed by atoms with E-state index in [0.717, 1.165) is 0 Å². The van der Waals surface area contributed by atoms with E-state index in [2.05, 4.69) is 88.0 Å². The quantitative estimate of drug-likeness (QED) is 0.0177. The zero-order valence-electron chi connectivity index (χ0n) is 81.3. The SMILES string of the molecule is CC(=O)NC1C(O)OC(CO)[C@@H](C)[C@@H]1O.CC(=O)NC1C(O)OC(CO)[C@@H](N=[N+]=[N-])[C@@H]1O.CC(=O)NC1C(O)OC(CO)[C@@H](O)[C@@H]1O.CC(=O)NC1C2OCC(O2)[C@@H]2O[C@@]12O.CC(=O)N[C@H]1C(O)[C@H](N=[N+]=[N-])C2CO[C@@H]1O2.CC(=O)N[C@H]1C(O)[C@H](O)C2CO[C@@H]1O2.CC(=O)N[C@H]1C(OC(C)=O)[C@H](N=[N+]=[N-])C2CO[C@@H]1O2.CCC1OC(O)C(NC(C)=O)[C@@H](O)[C@@H]1O.CCC1OC(OC(C)=O)C(NC(C)=O)[C@@H](C)[C@@H]1N=[N+]=[N-]. The Bertz CT molecular complexity index is 4360. The van der Waals surface area contributed by atoms with E-state index in [1.165, 1.54) is 76.2 Å². The molecule has 65 nitrogen and oxygen atoms in total. The Kier molecular flexibility index (Phi) is 49.2. The van der Waals surface area contributed by atoms with Gasteiger partial charge in [-0.2, -0.15) is 0 Å². The number of nitrogens with one attached hydrogen (secondary N) is 9. The van der Waals surface area contributed by atoms with Gasteiger partial charge in [-0.05, 0) is 40.9 Å². The largest absolute Gasteiger partial charge is 0.460 e. The van der Waals surface area contributed by atoms with E-state index in [-0.39, 0.29) is 92.0 Å². The normalized spacial score (nSPS) is 40.7. The van der Waals surface area contributed by atoms with E-state index >= 15 is 0 Å². The molecule has 0 aliphatic carbocycles. The molecule has 14 aliphatic rings. The van der Waals surface area contributed by atoms with Crippen molar-refractivity contribution in [1.29, 1.82) is 0 Å². The van der Waals surface area contributed by atoms with Crippen molar-refractivity contribution < 1.29 is 215 Å². The second-order valence-electron chi connectivity index (χ2n) is 35.1. The third kappa shape index (κ3) is 33.8. The average Bonchev–Trinajstić information content (AvgIpc) is 1.54. The highest BCUT2D eigenvalue weighted by Crippen LogP contribution is 2.49. The van der Waals surface area contributed by atoms with Gasteiger partial charge in [-0.15, -0.1) is 0 Å². The molecule has 24 unspecified atom stereocenters. The van der Waals surface area contributed by atoms with E-state index in [0.29, 0.717) is 19.4 Å². The Labute approximate surface area is 825 Å². The van der Waals surface area contributed by atoms with Crippen molar-refractivity contribution in [2.24, 2.45) is 32.3 Å². The number of aliphatic hydroxyl groups is 17. The summed E-state index contributed by atoms with van der Waals surface area (Å²) >= 11 is 0. The number of aliphatic hydroxyl groups excluding tert-OH is 16. The summed E-state index contributed by atoms with van der Waals surface area (Å²) in [6.45, 7) is 21.2. The summed E-state index contributed by atoms with van der Waals surface area (Å²) in [5, 5.41) is 198. The van der Waals surface area contributed by atoms with E-state index < -0.39 is 288 Å². The summed E-state index contributed by atoms with van der Waals surface area (Å²) < 4.78 is 83.6. The Morgan fingerprint density at radius 2 is 0.648 bits per heavy atom. The Hall–Kier alpha value is -9.83. The molecule has 45 atom stereocenters. The monoisotopic (exact) mass is 2090 g/mol. The zero-order valence-corrected chi connectivity index (χ0v) is 81.3. The minimum Gasteiger partial charge on any atom is -0.460 e. The smallest absolute Gasteiger partial charge is 0.305 e. The lowest BCUT2D eigenvalue weighted by Gasteiger charge is -2.43. The molecular weight excluding hydrogens is 1960 g/mol. The van der Waals surface area contributed by atoms with Gasteiger partial charge in [0.15, 0.2) is 50.3 Å². The molecule has 9 amide bonds. The van der Waals surface area contributed by atoms with Crippen LogP contribution in [0.3, 0.4) is 0 Å². The molecule has 14 heterocycles. The van der Waals surface area contributed by atoms with Gasteiger partial charge in [-0.3, -0.25) is 52.7 Å². The number of esters is 2. The van der Waals surface area contributed by atoms with Gasteiger partial charge in [0.25, 0.3) is 0 Å². The van der Waals surface area contributed by atoms with Crippen molar-refractivity contribution in [3.05, 3.63) is 41.8 Å². The lowest BCUT2D eigenvalue weighted by atomic mass is 9.86. The first-order valence-corrected chi connectivity index (χ1v) is 45.6. The number of rotatable bonds is 20. The van der Waals surface area contributed by atoms with Gasteiger partial charge in [-0.1, -0.05) is 48.2 Å². The zero-order chi connectivity index (χ0) is 109. The molecule has 26 N–H and O–H groups in total. The summed E-state index contributed by atoms with van der Waals surface area (Å²) in [6.07, 6.45) is -24.7. The molecule has 0 radical (unpaired) electrons. The third-order valence-corrected chi connectivity index (χ3v) is 24.2. The number of carbonyl (C=O) groups is 11. The summed E-state index contributed by atoms with van der Waals surface area (Å²) in [5.74, 6) is -5.97. The van der Waals surface area contributed by atoms with Crippen LogP contribution < -0.4 is 47.9 Å². The van der Waals surface area contributed by atoms with Gasteiger partial charge in [0, 0.05) is 102 Å². The highest BCUT2D eigenvalue weighted by molar-refractivity contribution is 5.77. The fourth-order valence-corrected chi connectivity index (χ4v) is 17.2. The van der Waals surface area contributed by atoms with Gasteiger partial charge in [-0.25, -0.2) is 0 Å². The number of amides is 9. The molecule has 145 heavy (non-hydrogen) atoms. The van der Waals surface area contributed by atoms with Crippen LogP contribution in [0.2, 0.25) is 0 Å². The second kappa shape index (κ2) is 57.6. The number of hydrogen-bond donors (Lipinski definition) is 26. The Morgan fingerprint density at radius 1 is 0.324 bits per heavy atom. The lowest BCUT2D eigenvalue weighted by molar-refractivity contribution is -0.253. The van der Waals surface area contributed by atoms with Crippen molar-refractivity contribution in [3.8, 4) is 0 Å². The molecule has 14 fully saturated rings. The van der Waals surface area contributed by atoms with Crippen LogP contribution in [-0.2, 0) is 129 Å². The summed E-state index contributed by atoms with van der Waals surface area (Å²) in [7, 11) is 0. The van der Waals surface area contributed by atoms with Crippen molar-refractivity contribution in [2.75, 3.05) is 46.2 Å². The molecule has 14 aliphatic heterocycles. The molecule has 65 heteroatoms. The molecule has 14 saturated heterocycles. The first-order chi connectivity index (χ1) is 68.2. The number of carbonyl (C=O) groups excluding carboxylic acids is 11. The molecule has 8 bridgehead atoms. The minimum atomic E-state index is -1.48. The molecule has 14 rings (SSSR count). The molecular formula is C80H133N21O44.